The maximum Gasteiger partial charge on any atom is 0.115 e. The fourth-order valence-electron chi connectivity index (χ4n) is 1.57. The van der Waals surface area contributed by atoms with Crippen molar-refractivity contribution in [1.82, 2.24) is 10.6 Å². The van der Waals surface area contributed by atoms with Gasteiger partial charge in [0.15, 0.2) is 0 Å². The summed E-state index contributed by atoms with van der Waals surface area (Å²) < 4.78 is 13.2. The Balaban J connectivity index is 2.21. The van der Waals surface area contributed by atoms with Crippen LogP contribution in [0.4, 0.5) is 4.39 Å². The van der Waals surface area contributed by atoms with Crippen LogP contribution in [0, 0.1) is 5.92 Å². The molecule has 1 unspecified atom stereocenters. The number of halogens is 1. The number of piperidine rings is 1. The van der Waals surface area contributed by atoms with Crippen LogP contribution in [-0.2, 0) is 0 Å². The van der Waals surface area contributed by atoms with Gasteiger partial charge in [-0.2, -0.15) is 0 Å². The van der Waals surface area contributed by atoms with Crippen molar-refractivity contribution in [2.24, 2.45) is 5.92 Å². The molecule has 1 aliphatic rings. The van der Waals surface area contributed by atoms with Crippen LogP contribution in [-0.4, -0.2) is 32.9 Å². The zero-order chi connectivity index (χ0) is 8.10. The minimum atomic E-state index is -0.651. The smallest absolute Gasteiger partial charge is 0.115 e. The molecule has 0 aromatic heterocycles. The number of nitrogens with one attached hydrogen (secondary N) is 2. The van der Waals surface area contributed by atoms with Gasteiger partial charge in [0.2, 0.25) is 0 Å². The minimum Gasteiger partial charge on any atom is -0.317 e. The molecule has 0 bridgehead atoms. The van der Waals surface area contributed by atoms with Crippen molar-refractivity contribution in [2.75, 3.05) is 26.7 Å². The SMILES string of the molecule is CNCC(F)C1CCNCC1. The molecule has 0 spiro atoms. The molecule has 2 N–H and O–H groups in total. The summed E-state index contributed by atoms with van der Waals surface area (Å²) in [5.41, 5.74) is 0. The van der Waals surface area contributed by atoms with E-state index in [2.05, 4.69) is 10.6 Å². The topological polar surface area (TPSA) is 24.1 Å². The molecular weight excluding hydrogens is 143 g/mol. The predicted molar refractivity (Wildman–Crippen MR) is 44.4 cm³/mol. The summed E-state index contributed by atoms with van der Waals surface area (Å²) in [6, 6.07) is 0. The van der Waals surface area contributed by atoms with Crippen LogP contribution in [0.25, 0.3) is 0 Å². The average molecular weight is 160 g/mol. The van der Waals surface area contributed by atoms with Gasteiger partial charge in [0.25, 0.3) is 0 Å². The van der Waals surface area contributed by atoms with E-state index < -0.39 is 6.17 Å². The van der Waals surface area contributed by atoms with Crippen LogP contribution >= 0.6 is 0 Å². The molecule has 1 rings (SSSR count). The fraction of sp³-hybridized carbons (Fsp3) is 1.00. The highest BCUT2D eigenvalue weighted by Crippen LogP contribution is 2.18. The highest BCUT2D eigenvalue weighted by atomic mass is 19.1. The Morgan fingerprint density at radius 2 is 2.18 bits per heavy atom. The molecule has 0 aromatic carbocycles. The molecule has 3 heteroatoms. The molecule has 1 aliphatic heterocycles. The summed E-state index contributed by atoms with van der Waals surface area (Å²) >= 11 is 0. The minimum absolute atomic E-state index is 0.281. The van der Waals surface area contributed by atoms with Gasteiger partial charge in [0, 0.05) is 6.54 Å². The second-order valence-electron chi connectivity index (χ2n) is 3.16. The standard InChI is InChI=1S/C8H17FN2/c1-10-6-8(9)7-2-4-11-5-3-7/h7-8,10-11H,2-6H2,1H3. The lowest BCUT2D eigenvalue weighted by atomic mass is 9.93. The van der Waals surface area contributed by atoms with Crippen LogP contribution in [0.2, 0.25) is 0 Å². The maximum atomic E-state index is 13.2. The molecule has 1 atom stereocenters. The highest BCUT2D eigenvalue weighted by Gasteiger charge is 2.21. The summed E-state index contributed by atoms with van der Waals surface area (Å²) in [7, 11) is 1.80. The molecular formula is C8H17FN2. The Labute approximate surface area is 67.6 Å². The Hall–Kier alpha value is -0.150. The molecule has 2 nitrogen and oxygen atoms in total. The monoisotopic (exact) mass is 160 g/mol. The van der Waals surface area contributed by atoms with Gasteiger partial charge in [-0.1, -0.05) is 0 Å². The molecule has 1 fully saturated rings. The van der Waals surface area contributed by atoms with E-state index >= 15 is 0 Å². The Bertz CT molecular complexity index is 102. The summed E-state index contributed by atoms with van der Waals surface area (Å²) in [4.78, 5) is 0. The lowest BCUT2D eigenvalue weighted by Crippen LogP contribution is -2.36. The number of hydrogen-bond donors (Lipinski definition) is 2. The van der Waals surface area contributed by atoms with Crippen LogP contribution in [0.15, 0.2) is 0 Å². The van der Waals surface area contributed by atoms with Gasteiger partial charge in [-0.15, -0.1) is 0 Å². The Kier molecular flexibility index (Phi) is 3.80. The summed E-state index contributed by atoms with van der Waals surface area (Å²) in [6.07, 6.45) is 1.33. The molecule has 66 valence electrons. The van der Waals surface area contributed by atoms with Crippen LogP contribution in [0.5, 0.6) is 0 Å². The van der Waals surface area contributed by atoms with Crippen molar-refractivity contribution in [2.45, 2.75) is 19.0 Å². The van der Waals surface area contributed by atoms with Crippen molar-refractivity contribution in [1.29, 1.82) is 0 Å². The number of alkyl halides is 1. The van der Waals surface area contributed by atoms with Crippen LogP contribution in [0.1, 0.15) is 12.8 Å². The first kappa shape index (κ1) is 8.94. The molecule has 11 heavy (non-hydrogen) atoms. The summed E-state index contributed by atoms with van der Waals surface area (Å²) in [5, 5.41) is 6.09. The first-order chi connectivity index (χ1) is 5.34. The van der Waals surface area contributed by atoms with Crippen molar-refractivity contribution in [3.63, 3.8) is 0 Å². The van der Waals surface area contributed by atoms with Gasteiger partial charge in [-0.05, 0) is 38.9 Å². The third kappa shape index (κ3) is 2.75. The Morgan fingerprint density at radius 1 is 1.55 bits per heavy atom. The molecule has 0 saturated carbocycles. The van der Waals surface area contributed by atoms with E-state index in [1.807, 2.05) is 0 Å². The van der Waals surface area contributed by atoms with Gasteiger partial charge in [0.05, 0.1) is 0 Å². The number of hydrogen-bond acceptors (Lipinski definition) is 2. The normalized spacial score (nSPS) is 23.5. The first-order valence-electron chi connectivity index (χ1n) is 4.34. The quantitative estimate of drug-likeness (QED) is 0.630. The van der Waals surface area contributed by atoms with E-state index in [0.29, 0.717) is 6.54 Å². The zero-order valence-electron chi connectivity index (χ0n) is 7.07. The van der Waals surface area contributed by atoms with E-state index in [1.54, 1.807) is 7.05 Å². The molecule has 0 radical (unpaired) electrons. The average Bonchev–Trinajstić information content (AvgIpc) is 2.07. The first-order valence-corrected chi connectivity index (χ1v) is 4.34. The second kappa shape index (κ2) is 4.67. The van der Waals surface area contributed by atoms with Crippen molar-refractivity contribution in [3.05, 3.63) is 0 Å². The zero-order valence-corrected chi connectivity index (χ0v) is 7.07. The third-order valence-electron chi connectivity index (χ3n) is 2.29. The van der Waals surface area contributed by atoms with Gasteiger partial charge in [-0.3, -0.25) is 0 Å². The van der Waals surface area contributed by atoms with Crippen LogP contribution in [0.3, 0.4) is 0 Å². The van der Waals surface area contributed by atoms with E-state index in [0.717, 1.165) is 25.9 Å². The van der Waals surface area contributed by atoms with E-state index in [4.69, 9.17) is 0 Å². The maximum absolute atomic E-state index is 13.2. The van der Waals surface area contributed by atoms with E-state index in [-0.39, 0.29) is 5.92 Å². The molecule has 0 aliphatic carbocycles. The second-order valence-corrected chi connectivity index (χ2v) is 3.16. The predicted octanol–water partition coefficient (Wildman–Crippen LogP) is 0.543. The summed E-state index contributed by atoms with van der Waals surface area (Å²) in [6.45, 7) is 2.47. The number of rotatable bonds is 3. The summed E-state index contributed by atoms with van der Waals surface area (Å²) in [5.74, 6) is 0.281. The van der Waals surface area contributed by atoms with Crippen LogP contribution < -0.4 is 10.6 Å². The molecule has 1 saturated heterocycles. The lowest BCUT2D eigenvalue weighted by molar-refractivity contribution is 0.186. The lowest BCUT2D eigenvalue weighted by Gasteiger charge is -2.25. The van der Waals surface area contributed by atoms with E-state index in [9.17, 15) is 4.39 Å². The van der Waals surface area contributed by atoms with Gasteiger partial charge < -0.3 is 10.6 Å². The van der Waals surface area contributed by atoms with Gasteiger partial charge in [0.1, 0.15) is 6.17 Å². The Morgan fingerprint density at radius 3 is 2.73 bits per heavy atom. The van der Waals surface area contributed by atoms with E-state index in [1.165, 1.54) is 0 Å². The van der Waals surface area contributed by atoms with Gasteiger partial charge in [-0.25, -0.2) is 4.39 Å². The molecule has 0 aromatic rings. The molecule has 1 heterocycles. The largest absolute Gasteiger partial charge is 0.317 e. The van der Waals surface area contributed by atoms with Crippen molar-refractivity contribution < 1.29 is 4.39 Å². The fourth-order valence-corrected chi connectivity index (χ4v) is 1.57. The van der Waals surface area contributed by atoms with Crippen molar-refractivity contribution >= 4 is 0 Å². The molecule has 0 amide bonds. The highest BCUT2D eigenvalue weighted by molar-refractivity contribution is 4.76. The van der Waals surface area contributed by atoms with Gasteiger partial charge >= 0.3 is 0 Å². The third-order valence-corrected chi connectivity index (χ3v) is 2.29. The van der Waals surface area contributed by atoms with Crippen molar-refractivity contribution in [3.8, 4) is 0 Å².